The fourth-order valence-electron chi connectivity index (χ4n) is 2.08. The molecule has 2 rings (SSSR count). The van der Waals surface area contributed by atoms with Gasteiger partial charge in [-0.2, -0.15) is 0 Å². The Bertz CT molecular complexity index is 771. The van der Waals surface area contributed by atoms with Crippen molar-refractivity contribution < 1.29 is 14.3 Å². The lowest BCUT2D eigenvalue weighted by Gasteiger charge is -2.18. The van der Waals surface area contributed by atoms with Crippen molar-refractivity contribution >= 4 is 34.4 Å². The first-order valence-corrected chi connectivity index (χ1v) is 8.77. The van der Waals surface area contributed by atoms with Crippen LogP contribution in [-0.2, 0) is 26.2 Å². The number of hydrogen-bond donors (Lipinski definition) is 1. The number of ether oxygens (including phenoxy) is 1. The van der Waals surface area contributed by atoms with Crippen molar-refractivity contribution in [2.24, 2.45) is 0 Å². The monoisotopic (exact) mass is 358 g/mol. The Kier molecular flexibility index (Phi) is 6.09. The molecule has 1 N–H and O–H groups in total. The quantitative estimate of drug-likeness (QED) is 0.652. The molecule has 0 radical (unpaired) electrons. The van der Waals surface area contributed by atoms with Crippen LogP contribution in [0.4, 0.5) is 5.13 Å². The van der Waals surface area contributed by atoms with E-state index < -0.39 is 0 Å². The number of esters is 1. The van der Waals surface area contributed by atoms with E-state index >= 15 is 0 Å². The fourth-order valence-corrected chi connectivity index (χ4v) is 2.79. The summed E-state index contributed by atoms with van der Waals surface area (Å²) in [6.07, 6.45) is 3.32. The highest BCUT2D eigenvalue weighted by Gasteiger charge is 2.12. The van der Waals surface area contributed by atoms with E-state index in [-0.39, 0.29) is 23.7 Å². The summed E-state index contributed by atoms with van der Waals surface area (Å²) in [6, 6.07) is 8.11. The van der Waals surface area contributed by atoms with Gasteiger partial charge in [-0.15, -0.1) is 11.3 Å². The largest absolute Gasteiger partial charge is 0.469 e. The van der Waals surface area contributed by atoms with Gasteiger partial charge in [0.15, 0.2) is 5.13 Å². The van der Waals surface area contributed by atoms with Gasteiger partial charge in [0.05, 0.1) is 19.2 Å². The van der Waals surface area contributed by atoms with Gasteiger partial charge < -0.3 is 4.74 Å². The second kappa shape index (κ2) is 8.07. The topological polar surface area (TPSA) is 68.3 Å². The molecule has 25 heavy (non-hydrogen) atoms. The number of anilines is 1. The van der Waals surface area contributed by atoms with Gasteiger partial charge in [0.1, 0.15) is 0 Å². The van der Waals surface area contributed by atoms with Gasteiger partial charge in [-0.1, -0.05) is 45.0 Å². The van der Waals surface area contributed by atoms with E-state index in [9.17, 15) is 9.59 Å². The predicted molar refractivity (Wildman–Crippen MR) is 101 cm³/mol. The summed E-state index contributed by atoms with van der Waals surface area (Å²) < 4.78 is 4.59. The number of nitrogens with one attached hydrogen (secondary N) is 1. The third-order valence-corrected chi connectivity index (χ3v) is 4.35. The van der Waals surface area contributed by atoms with Crippen LogP contribution in [0.25, 0.3) is 6.08 Å². The van der Waals surface area contributed by atoms with Crippen molar-refractivity contribution in [1.82, 2.24) is 4.98 Å². The summed E-state index contributed by atoms with van der Waals surface area (Å²) in [5, 5.41) is 4.87. The maximum Gasteiger partial charge on any atom is 0.311 e. The standard InChI is InChI=1S/C19H22N2O3S/c1-19(2,3)14-8-5-13(6-9-14)7-10-16(22)21-18-20-15(12-25-18)11-17(23)24-4/h5-10,12H,11H2,1-4H3,(H,20,21,22)/b10-7+. The van der Waals surface area contributed by atoms with Crippen LogP contribution in [0.5, 0.6) is 0 Å². The molecule has 0 bridgehead atoms. The van der Waals surface area contributed by atoms with Crippen LogP contribution in [-0.4, -0.2) is 24.0 Å². The molecule has 1 amide bonds. The van der Waals surface area contributed by atoms with Crippen molar-refractivity contribution in [2.45, 2.75) is 32.6 Å². The Morgan fingerprint density at radius 1 is 1.24 bits per heavy atom. The first-order valence-electron chi connectivity index (χ1n) is 7.89. The van der Waals surface area contributed by atoms with Crippen molar-refractivity contribution in [3.8, 4) is 0 Å². The number of aromatic nitrogens is 1. The molecule has 1 aromatic carbocycles. The third kappa shape index (κ3) is 5.83. The van der Waals surface area contributed by atoms with E-state index in [0.29, 0.717) is 10.8 Å². The molecule has 132 valence electrons. The summed E-state index contributed by atoms with van der Waals surface area (Å²) in [5.74, 6) is -0.624. The number of rotatable bonds is 5. The van der Waals surface area contributed by atoms with Crippen LogP contribution < -0.4 is 5.32 Å². The van der Waals surface area contributed by atoms with Gasteiger partial charge in [0, 0.05) is 11.5 Å². The van der Waals surface area contributed by atoms with Gasteiger partial charge in [-0.3, -0.25) is 14.9 Å². The number of methoxy groups -OCH3 is 1. The molecular formula is C19H22N2O3S. The number of carbonyl (C=O) groups excluding carboxylic acids is 2. The lowest BCUT2D eigenvalue weighted by atomic mass is 9.87. The van der Waals surface area contributed by atoms with Gasteiger partial charge in [0.2, 0.25) is 5.91 Å². The molecule has 6 heteroatoms. The molecule has 0 unspecified atom stereocenters. The summed E-state index contributed by atoms with van der Waals surface area (Å²) >= 11 is 1.27. The van der Waals surface area contributed by atoms with Crippen LogP contribution in [0, 0.1) is 0 Å². The minimum atomic E-state index is -0.359. The summed E-state index contributed by atoms with van der Waals surface area (Å²) in [6.45, 7) is 6.48. The van der Waals surface area contributed by atoms with Crippen LogP contribution >= 0.6 is 11.3 Å². The number of thiazole rings is 1. The summed E-state index contributed by atoms with van der Waals surface area (Å²) in [5.41, 5.74) is 2.88. The minimum absolute atomic E-state index is 0.0961. The molecule has 0 fully saturated rings. The SMILES string of the molecule is COC(=O)Cc1csc(NC(=O)/C=C/c2ccc(C(C)(C)C)cc2)n1. The smallest absolute Gasteiger partial charge is 0.311 e. The van der Waals surface area contributed by atoms with Gasteiger partial charge >= 0.3 is 5.97 Å². The maximum atomic E-state index is 12.0. The summed E-state index contributed by atoms with van der Waals surface area (Å²) in [7, 11) is 1.33. The Morgan fingerprint density at radius 2 is 1.92 bits per heavy atom. The molecule has 0 aliphatic heterocycles. The Morgan fingerprint density at radius 3 is 2.52 bits per heavy atom. The highest BCUT2D eigenvalue weighted by Crippen LogP contribution is 2.22. The zero-order chi connectivity index (χ0) is 18.4. The lowest BCUT2D eigenvalue weighted by molar-refractivity contribution is -0.139. The second-order valence-electron chi connectivity index (χ2n) is 6.59. The van der Waals surface area contributed by atoms with E-state index in [4.69, 9.17) is 0 Å². The number of amides is 1. The van der Waals surface area contributed by atoms with Gasteiger partial charge in [-0.25, -0.2) is 4.98 Å². The van der Waals surface area contributed by atoms with E-state index in [1.807, 2.05) is 12.1 Å². The Balaban J connectivity index is 1.93. The fraction of sp³-hybridized carbons (Fsp3) is 0.316. The van der Waals surface area contributed by atoms with Crippen molar-refractivity contribution in [2.75, 3.05) is 12.4 Å². The van der Waals surface area contributed by atoms with E-state index in [2.05, 4.69) is 47.9 Å². The molecule has 0 aliphatic carbocycles. The van der Waals surface area contributed by atoms with Crippen LogP contribution in [0.1, 0.15) is 37.6 Å². The number of hydrogen-bond acceptors (Lipinski definition) is 5. The van der Waals surface area contributed by atoms with Gasteiger partial charge in [0.25, 0.3) is 0 Å². The first kappa shape index (κ1) is 18.9. The third-order valence-electron chi connectivity index (χ3n) is 3.54. The molecule has 2 aromatic rings. The average Bonchev–Trinajstić information content (AvgIpc) is 2.99. The molecule has 0 aliphatic rings. The number of benzene rings is 1. The molecule has 5 nitrogen and oxygen atoms in total. The normalized spacial score (nSPS) is 11.5. The van der Waals surface area contributed by atoms with E-state index in [1.54, 1.807) is 11.5 Å². The molecule has 0 spiro atoms. The molecular weight excluding hydrogens is 336 g/mol. The molecule has 0 saturated heterocycles. The van der Waals surface area contributed by atoms with Crippen molar-refractivity contribution in [3.05, 3.63) is 52.5 Å². The van der Waals surface area contributed by atoms with Crippen molar-refractivity contribution in [3.63, 3.8) is 0 Å². The molecule has 1 aromatic heterocycles. The molecule has 0 atom stereocenters. The Labute approximate surface area is 151 Å². The second-order valence-corrected chi connectivity index (χ2v) is 7.45. The van der Waals surface area contributed by atoms with Crippen LogP contribution in [0.3, 0.4) is 0 Å². The minimum Gasteiger partial charge on any atom is -0.469 e. The van der Waals surface area contributed by atoms with Gasteiger partial charge in [-0.05, 0) is 22.6 Å². The first-order chi connectivity index (χ1) is 11.8. The molecule has 1 heterocycles. The lowest BCUT2D eigenvalue weighted by Crippen LogP contribution is -2.10. The predicted octanol–water partition coefficient (Wildman–Crippen LogP) is 3.81. The zero-order valence-corrected chi connectivity index (χ0v) is 15.6. The van der Waals surface area contributed by atoms with Crippen LogP contribution in [0.15, 0.2) is 35.7 Å². The summed E-state index contributed by atoms with van der Waals surface area (Å²) in [4.78, 5) is 27.4. The highest BCUT2D eigenvalue weighted by molar-refractivity contribution is 7.14. The van der Waals surface area contributed by atoms with Crippen molar-refractivity contribution in [1.29, 1.82) is 0 Å². The number of carbonyl (C=O) groups is 2. The van der Waals surface area contributed by atoms with Crippen LogP contribution in [0.2, 0.25) is 0 Å². The highest BCUT2D eigenvalue weighted by atomic mass is 32.1. The Hall–Kier alpha value is -2.47. The molecule has 0 saturated carbocycles. The maximum absolute atomic E-state index is 12.0. The van der Waals surface area contributed by atoms with E-state index in [0.717, 1.165) is 5.56 Å². The average molecular weight is 358 g/mol. The zero-order valence-electron chi connectivity index (χ0n) is 14.8. The number of nitrogens with zero attached hydrogens (tertiary/aromatic N) is 1. The van der Waals surface area contributed by atoms with E-state index in [1.165, 1.54) is 30.1 Å².